The molecule has 172 valence electrons. The molecule has 3 atom stereocenters. The van der Waals surface area contributed by atoms with Gasteiger partial charge in [-0.05, 0) is 63.0 Å². The van der Waals surface area contributed by atoms with Crippen LogP contribution in [0, 0.1) is 17.3 Å². The van der Waals surface area contributed by atoms with Crippen LogP contribution in [-0.2, 0) is 14.3 Å². The highest BCUT2D eigenvalue weighted by molar-refractivity contribution is 5.89. The van der Waals surface area contributed by atoms with Gasteiger partial charge in [0, 0.05) is 11.1 Å². The summed E-state index contributed by atoms with van der Waals surface area (Å²) in [5, 5.41) is 8.72. The van der Waals surface area contributed by atoms with Gasteiger partial charge in [0.1, 0.15) is 12.7 Å². The third-order valence-electron chi connectivity index (χ3n) is 7.19. The number of carboxylic acid groups (broad SMARTS) is 1. The van der Waals surface area contributed by atoms with Crippen molar-refractivity contribution in [3.63, 3.8) is 0 Å². The molecule has 2 saturated carbocycles. The molecule has 0 bridgehead atoms. The summed E-state index contributed by atoms with van der Waals surface area (Å²) in [5.74, 6) is -0.342. The number of amides is 1. The lowest BCUT2D eigenvalue weighted by molar-refractivity contribution is -0.142. The molecule has 1 amide bonds. The highest BCUT2D eigenvalue weighted by atomic mass is 16.6. The Labute approximate surface area is 189 Å². The first-order valence-electron chi connectivity index (χ1n) is 11.6. The Morgan fingerprint density at radius 2 is 1.91 bits per heavy atom. The summed E-state index contributed by atoms with van der Waals surface area (Å²) < 4.78 is 11.3. The summed E-state index contributed by atoms with van der Waals surface area (Å²) >= 11 is 0. The van der Waals surface area contributed by atoms with Crippen LogP contribution in [0.4, 0.5) is 10.5 Å². The Balaban J connectivity index is 1.37. The van der Waals surface area contributed by atoms with Crippen LogP contribution in [0.15, 0.2) is 54.1 Å². The van der Waals surface area contributed by atoms with Crippen molar-refractivity contribution in [2.24, 2.45) is 17.3 Å². The third kappa shape index (κ3) is 5.07. The highest BCUT2D eigenvalue weighted by Crippen LogP contribution is 2.59. The number of carbonyl (C=O) groups is 2. The average Bonchev–Trinajstić information content (AvgIpc) is 3.42. The first-order valence-corrected chi connectivity index (χ1v) is 11.6. The first kappa shape index (κ1) is 22.6. The van der Waals surface area contributed by atoms with Gasteiger partial charge in [0.25, 0.3) is 0 Å². The molecule has 0 aliphatic heterocycles. The summed E-state index contributed by atoms with van der Waals surface area (Å²) in [6, 6.07) is 9.67. The summed E-state index contributed by atoms with van der Waals surface area (Å²) in [6.07, 6.45) is 10.9. The van der Waals surface area contributed by atoms with Gasteiger partial charge < -0.3 is 14.6 Å². The van der Waals surface area contributed by atoms with E-state index in [4.69, 9.17) is 14.6 Å². The molecule has 32 heavy (non-hydrogen) atoms. The fourth-order valence-electron chi connectivity index (χ4n) is 5.22. The van der Waals surface area contributed by atoms with Crippen LogP contribution in [0.25, 0.3) is 0 Å². The lowest BCUT2D eigenvalue weighted by atomic mass is 9.80. The molecule has 2 fully saturated rings. The smallest absolute Gasteiger partial charge is 0.415 e. The fourth-order valence-corrected chi connectivity index (χ4v) is 5.22. The van der Waals surface area contributed by atoms with Gasteiger partial charge in [0.2, 0.25) is 0 Å². The van der Waals surface area contributed by atoms with E-state index >= 15 is 0 Å². The third-order valence-corrected chi connectivity index (χ3v) is 7.19. The van der Waals surface area contributed by atoms with Crippen molar-refractivity contribution in [3.8, 4) is 0 Å². The maximum Gasteiger partial charge on any atom is 0.415 e. The molecule has 1 aromatic rings. The van der Waals surface area contributed by atoms with E-state index in [0.717, 1.165) is 37.8 Å². The maximum absolute atomic E-state index is 13.4. The van der Waals surface area contributed by atoms with Gasteiger partial charge >= 0.3 is 12.1 Å². The second kappa shape index (κ2) is 9.49. The molecule has 0 heterocycles. The Kier molecular flexibility index (Phi) is 6.70. The number of aliphatic carboxylic acids is 1. The van der Waals surface area contributed by atoms with E-state index < -0.39 is 5.97 Å². The Hall–Kier alpha value is -2.60. The molecule has 3 aliphatic carbocycles. The van der Waals surface area contributed by atoms with Gasteiger partial charge in [-0.1, -0.05) is 48.9 Å². The lowest BCUT2D eigenvalue weighted by Crippen LogP contribution is -2.44. The number of rotatable bonds is 7. The van der Waals surface area contributed by atoms with Crippen LogP contribution in [0.5, 0.6) is 0 Å². The second-order valence-corrected chi connectivity index (χ2v) is 9.62. The summed E-state index contributed by atoms with van der Waals surface area (Å²) in [4.78, 5) is 25.8. The van der Waals surface area contributed by atoms with Gasteiger partial charge in [-0.3, -0.25) is 4.90 Å². The minimum Gasteiger partial charge on any atom is -0.480 e. The Bertz CT molecular complexity index is 885. The van der Waals surface area contributed by atoms with Crippen molar-refractivity contribution in [1.29, 1.82) is 0 Å². The number of allylic oxidation sites excluding steroid dienone is 2. The monoisotopic (exact) mass is 439 g/mol. The van der Waals surface area contributed by atoms with E-state index in [1.807, 2.05) is 30.3 Å². The van der Waals surface area contributed by atoms with Crippen LogP contribution in [0.2, 0.25) is 0 Å². The molecule has 3 aliphatic rings. The number of hydrogen-bond acceptors (Lipinski definition) is 4. The molecule has 0 aromatic heterocycles. The highest BCUT2D eigenvalue weighted by Gasteiger charge is 2.58. The Morgan fingerprint density at radius 1 is 1.19 bits per heavy atom. The molecule has 0 saturated heterocycles. The largest absolute Gasteiger partial charge is 0.480 e. The van der Waals surface area contributed by atoms with E-state index in [9.17, 15) is 9.59 Å². The van der Waals surface area contributed by atoms with Crippen LogP contribution in [0.1, 0.15) is 46.0 Å². The fraction of sp³-hybridized carbons (Fsp3) is 0.538. The molecule has 1 aromatic carbocycles. The quantitative estimate of drug-likeness (QED) is 0.632. The molecule has 3 unspecified atom stereocenters. The summed E-state index contributed by atoms with van der Waals surface area (Å²) in [6.45, 7) is 4.46. The number of nitrogens with zero attached hydrogens (tertiary/aromatic N) is 1. The summed E-state index contributed by atoms with van der Waals surface area (Å²) in [7, 11) is 0. The van der Waals surface area contributed by atoms with E-state index in [2.05, 4.69) is 32.1 Å². The van der Waals surface area contributed by atoms with Crippen molar-refractivity contribution < 1.29 is 24.2 Å². The van der Waals surface area contributed by atoms with E-state index in [1.54, 1.807) is 4.90 Å². The Morgan fingerprint density at radius 3 is 2.56 bits per heavy atom. The molecular formula is C26H33NO5. The van der Waals surface area contributed by atoms with E-state index in [1.165, 1.54) is 5.57 Å². The van der Waals surface area contributed by atoms with Crippen LogP contribution in [-0.4, -0.2) is 42.5 Å². The number of carbonyl (C=O) groups excluding carboxylic acids is 1. The zero-order chi connectivity index (χ0) is 22.7. The predicted octanol–water partition coefficient (Wildman–Crippen LogP) is 5.20. The molecule has 1 spiro atoms. The van der Waals surface area contributed by atoms with Crippen molar-refractivity contribution in [3.05, 3.63) is 54.1 Å². The summed E-state index contributed by atoms with van der Waals surface area (Å²) in [5.41, 5.74) is 2.15. The van der Waals surface area contributed by atoms with Crippen LogP contribution < -0.4 is 4.90 Å². The normalized spacial score (nSPS) is 31.1. The lowest BCUT2D eigenvalue weighted by Gasteiger charge is -2.34. The predicted molar refractivity (Wildman–Crippen MR) is 123 cm³/mol. The van der Waals surface area contributed by atoms with E-state index in [0.29, 0.717) is 12.5 Å². The minimum absolute atomic E-state index is 0.0396. The number of hydrogen-bond donors (Lipinski definition) is 1. The standard InChI is InChI=1S/C26H33NO5/c1-18-8-9-22(19(2)14-18)27(21-6-4-3-5-7-21)25(30)32-23-15-26(23)12-10-20(11-13-26)16-31-17-24(28)29/h3-9,14,19-20,22-23H,10-13,15-17H2,1-2H3,(H,28,29). The molecule has 4 rings (SSSR count). The molecular weight excluding hydrogens is 406 g/mol. The number of anilines is 1. The van der Waals surface area contributed by atoms with Gasteiger partial charge in [0.15, 0.2) is 0 Å². The van der Waals surface area contributed by atoms with Gasteiger partial charge in [-0.15, -0.1) is 0 Å². The number of benzene rings is 1. The van der Waals surface area contributed by atoms with Crippen molar-refractivity contribution in [1.82, 2.24) is 0 Å². The van der Waals surface area contributed by atoms with Gasteiger partial charge in [0.05, 0.1) is 12.6 Å². The zero-order valence-corrected chi connectivity index (χ0v) is 18.9. The molecule has 6 nitrogen and oxygen atoms in total. The van der Waals surface area contributed by atoms with Crippen LogP contribution in [0.3, 0.4) is 0 Å². The van der Waals surface area contributed by atoms with E-state index in [-0.39, 0.29) is 36.2 Å². The van der Waals surface area contributed by atoms with Crippen LogP contribution >= 0.6 is 0 Å². The van der Waals surface area contributed by atoms with Crippen molar-refractivity contribution >= 4 is 17.7 Å². The first-order chi connectivity index (χ1) is 15.4. The topological polar surface area (TPSA) is 76.1 Å². The SMILES string of the molecule is CC1=CC(C)C(N(C(=O)OC2CC23CCC(COCC(=O)O)CC3)c2ccccc2)C=C1. The minimum atomic E-state index is -0.929. The number of ether oxygens (including phenoxy) is 2. The second-order valence-electron chi connectivity index (χ2n) is 9.62. The number of para-hydroxylation sites is 1. The maximum atomic E-state index is 13.4. The molecule has 0 radical (unpaired) electrons. The van der Waals surface area contributed by atoms with Gasteiger partial charge in [-0.25, -0.2) is 9.59 Å². The van der Waals surface area contributed by atoms with Gasteiger partial charge in [-0.2, -0.15) is 0 Å². The average molecular weight is 440 g/mol. The molecule has 1 N–H and O–H groups in total. The van der Waals surface area contributed by atoms with Crippen molar-refractivity contribution in [2.45, 2.75) is 58.1 Å². The molecule has 6 heteroatoms. The van der Waals surface area contributed by atoms with Crippen molar-refractivity contribution in [2.75, 3.05) is 18.1 Å². The number of carboxylic acids is 1. The zero-order valence-electron chi connectivity index (χ0n) is 18.9.